The lowest BCUT2D eigenvalue weighted by Gasteiger charge is -2.28. The average molecular weight is 327 g/mol. The molecule has 0 bridgehead atoms. The van der Waals surface area contributed by atoms with Gasteiger partial charge in [-0.1, -0.05) is 25.1 Å². The van der Waals surface area contributed by atoms with Gasteiger partial charge in [0.05, 0.1) is 12.6 Å². The molecule has 1 heterocycles. The Labute approximate surface area is 143 Å². The molecule has 1 aromatic heterocycles. The predicted octanol–water partition coefficient (Wildman–Crippen LogP) is 3.77. The molecule has 1 aromatic carbocycles. The molecule has 24 heavy (non-hydrogen) atoms. The van der Waals surface area contributed by atoms with Gasteiger partial charge in [0.1, 0.15) is 5.75 Å². The van der Waals surface area contributed by atoms with E-state index in [0.717, 1.165) is 23.3 Å². The Balaban J connectivity index is 2.01. The molecule has 0 aliphatic rings. The Hall–Kier alpha value is -2.56. The zero-order valence-corrected chi connectivity index (χ0v) is 14.5. The molecule has 1 N–H and O–H groups in total. The third kappa shape index (κ3) is 4.47. The second-order valence-corrected chi connectivity index (χ2v) is 5.51. The molecular weight excluding hydrogens is 302 g/mol. The van der Waals surface area contributed by atoms with E-state index in [2.05, 4.69) is 17.2 Å². The van der Waals surface area contributed by atoms with Crippen molar-refractivity contribution in [2.45, 2.75) is 32.9 Å². The summed E-state index contributed by atoms with van der Waals surface area (Å²) in [7, 11) is 1.82. The zero-order valence-electron chi connectivity index (χ0n) is 14.5. The highest BCUT2D eigenvalue weighted by Gasteiger charge is 2.20. The molecule has 0 spiro atoms. The fourth-order valence-electron chi connectivity index (χ4n) is 2.70. The lowest BCUT2D eigenvalue weighted by Crippen LogP contribution is -2.39. The van der Waals surface area contributed by atoms with E-state index < -0.39 is 0 Å². The van der Waals surface area contributed by atoms with Gasteiger partial charge in [0.2, 0.25) is 0 Å². The smallest absolute Gasteiger partial charge is 0.317 e. The summed E-state index contributed by atoms with van der Waals surface area (Å²) in [6.07, 6.45) is 4.34. The standard InChI is InChI=1S/C19H25N3O2/c1-4-17(15-10-12-20-13-11-15)22(3)19(23)21-14-16-8-6-7-9-18(16)24-5-2/h6-13,17H,4-5,14H2,1-3H3,(H,21,23). The number of benzene rings is 1. The molecule has 5 heteroatoms. The summed E-state index contributed by atoms with van der Waals surface area (Å²) >= 11 is 0. The molecule has 2 amide bonds. The summed E-state index contributed by atoms with van der Waals surface area (Å²) in [5.74, 6) is 0.809. The summed E-state index contributed by atoms with van der Waals surface area (Å²) in [4.78, 5) is 18.3. The van der Waals surface area contributed by atoms with Crippen molar-refractivity contribution >= 4 is 6.03 Å². The molecule has 1 unspecified atom stereocenters. The number of carbonyl (C=O) groups is 1. The first-order valence-corrected chi connectivity index (χ1v) is 8.28. The van der Waals surface area contributed by atoms with Gasteiger partial charge in [-0.2, -0.15) is 0 Å². The zero-order chi connectivity index (χ0) is 17.4. The van der Waals surface area contributed by atoms with Crippen LogP contribution in [0.1, 0.15) is 37.4 Å². The normalized spacial score (nSPS) is 11.6. The summed E-state index contributed by atoms with van der Waals surface area (Å²) in [5, 5.41) is 2.97. The topological polar surface area (TPSA) is 54.5 Å². The van der Waals surface area contributed by atoms with Crippen molar-refractivity contribution in [3.63, 3.8) is 0 Å². The maximum atomic E-state index is 12.5. The molecule has 1 atom stereocenters. The van der Waals surface area contributed by atoms with Crippen LogP contribution in [-0.2, 0) is 6.54 Å². The minimum absolute atomic E-state index is 0.0233. The molecular formula is C19H25N3O2. The number of urea groups is 1. The second-order valence-electron chi connectivity index (χ2n) is 5.51. The number of pyridine rings is 1. The Morgan fingerprint density at radius 3 is 2.58 bits per heavy atom. The van der Waals surface area contributed by atoms with Crippen LogP contribution in [0.15, 0.2) is 48.8 Å². The first-order chi connectivity index (χ1) is 11.7. The van der Waals surface area contributed by atoms with Crippen LogP contribution in [-0.4, -0.2) is 29.6 Å². The van der Waals surface area contributed by atoms with Gasteiger partial charge in [0, 0.05) is 31.5 Å². The van der Waals surface area contributed by atoms with E-state index in [9.17, 15) is 4.79 Å². The summed E-state index contributed by atoms with van der Waals surface area (Å²) in [6.45, 7) is 5.06. The number of amides is 2. The van der Waals surface area contributed by atoms with E-state index in [1.165, 1.54) is 0 Å². The Morgan fingerprint density at radius 1 is 1.21 bits per heavy atom. The predicted molar refractivity (Wildman–Crippen MR) is 94.9 cm³/mol. The van der Waals surface area contributed by atoms with E-state index in [1.54, 1.807) is 17.3 Å². The van der Waals surface area contributed by atoms with Crippen LogP contribution in [0.3, 0.4) is 0 Å². The number of nitrogens with zero attached hydrogens (tertiary/aromatic N) is 2. The minimum Gasteiger partial charge on any atom is -0.494 e. The highest BCUT2D eigenvalue weighted by molar-refractivity contribution is 5.74. The molecule has 0 saturated heterocycles. The van der Waals surface area contributed by atoms with E-state index in [0.29, 0.717) is 13.2 Å². The minimum atomic E-state index is -0.107. The SMILES string of the molecule is CCOc1ccccc1CNC(=O)N(C)C(CC)c1ccncc1. The van der Waals surface area contributed by atoms with E-state index in [1.807, 2.05) is 50.4 Å². The fraction of sp³-hybridized carbons (Fsp3) is 0.368. The van der Waals surface area contributed by atoms with Gasteiger partial charge in [-0.3, -0.25) is 4.98 Å². The van der Waals surface area contributed by atoms with Crippen molar-refractivity contribution in [1.82, 2.24) is 15.2 Å². The Bertz CT molecular complexity index is 646. The lowest BCUT2D eigenvalue weighted by atomic mass is 10.1. The van der Waals surface area contributed by atoms with Crippen molar-refractivity contribution in [2.75, 3.05) is 13.7 Å². The van der Waals surface area contributed by atoms with Crippen LogP contribution >= 0.6 is 0 Å². The number of ether oxygens (including phenoxy) is 1. The van der Waals surface area contributed by atoms with Gasteiger partial charge >= 0.3 is 6.03 Å². The summed E-state index contributed by atoms with van der Waals surface area (Å²) < 4.78 is 5.60. The number of aromatic nitrogens is 1. The largest absolute Gasteiger partial charge is 0.494 e. The molecule has 0 fully saturated rings. The second kappa shape index (κ2) is 8.91. The molecule has 2 aromatic rings. The lowest BCUT2D eigenvalue weighted by molar-refractivity contribution is 0.188. The van der Waals surface area contributed by atoms with Crippen LogP contribution in [0.25, 0.3) is 0 Å². The maximum Gasteiger partial charge on any atom is 0.317 e. The first-order valence-electron chi connectivity index (χ1n) is 8.28. The van der Waals surface area contributed by atoms with Gasteiger partial charge in [-0.05, 0) is 37.1 Å². The number of carbonyl (C=O) groups excluding carboxylic acids is 1. The van der Waals surface area contributed by atoms with Crippen LogP contribution in [0.2, 0.25) is 0 Å². The molecule has 5 nitrogen and oxygen atoms in total. The van der Waals surface area contributed by atoms with Gasteiger partial charge in [0.15, 0.2) is 0 Å². The van der Waals surface area contributed by atoms with E-state index in [4.69, 9.17) is 4.74 Å². The maximum absolute atomic E-state index is 12.5. The molecule has 0 aliphatic heterocycles. The quantitative estimate of drug-likeness (QED) is 0.842. The van der Waals surface area contributed by atoms with Crippen LogP contribution in [0.5, 0.6) is 5.75 Å². The highest BCUT2D eigenvalue weighted by Crippen LogP contribution is 2.22. The summed E-state index contributed by atoms with van der Waals surface area (Å²) in [5.41, 5.74) is 2.05. The van der Waals surface area contributed by atoms with Gasteiger partial charge in [0.25, 0.3) is 0 Å². The Kier molecular flexibility index (Phi) is 6.61. The third-order valence-electron chi connectivity index (χ3n) is 3.97. The van der Waals surface area contributed by atoms with Gasteiger partial charge in [-0.15, -0.1) is 0 Å². The van der Waals surface area contributed by atoms with Crippen molar-refractivity contribution in [2.24, 2.45) is 0 Å². The number of nitrogens with one attached hydrogen (secondary N) is 1. The molecule has 0 aliphatic carbocycles. The van der Waals surface area contributed by atoms with Crippen LogP contribution in [0, 0.1) is 0 Å². The van der Waals surface area contributed by atoms with Crippen molar-refractivity contribution in [1.29, 1.82) is 0 Å². The van der Waals surface area contributed by atoms with E-state index >= 15 is 0 Å². The highest BCUT2D eigenvalue weighted by atomic mass is 16.5. The number of hydrogen-bond donors (Lipinski definition) is 1. The monoisotopic (exact) mass is 327 g/mol. The Morgan fingerprint density at radius 2 is 1.92 bits per heavy atom. The molecule has 0 saturated carbocycles. The van der Waals surface area contributed by atoms with Crippen molar-refractivity contribution in [3.05, 3.63) is 59.9 Å². The van der Waals surface area contributed by atoms with Gasteiger partial charge < -0.3 is 15.0 Å². The first kappa shape index (κ1) is 17.8. The molecule has 0 radical (unpaired) electrons. The van der Waals surface area contributed by atoms with Gasteiger partial charge in [-0.25, -0.2) is 4.79 Å². The van der Waals surface area contributed by atoms with Crippen LogP contribution < -0.4 is 10.1 Å². The number of para-hydroxylation sites is 1. The average Bonchev–Trinajstić information content (AvgIpc) is 2.62. The van der Waals surface area contributed by atoms with Crippen molar-refractivity contribution in [3.8, 4) is 5.75 Å². The fourth-order valence-corrected chi connectivity index (χ4v) is 2.70. The summed E-state index contributed by atoms with van der Waals surface area (Å²) in [6, 6.07) is 11.6. The third-order valence-corrected chi connectivity index (χ3v) is 3.97. The molecule has 2 rings (SSSR count). The van der Waals surface area contributed by atoms with Crippen molar-refractivity contribution < 1.29 is 9.53 Å². The number of rotatable bonds is 7. The van der Waals surface area contributed by atoms with Crippen LogP contribution in [0.4, 0.5) is 4.79 Å². The molecule has 128 valence electrons. The number of hydrogen-bond acceptors (Lipinski definition) is 3. The van der Waals surface area contributed by atoms with E-state index in [-0.39, 0.29) is 12.1 Å².